The summed E-state index contributed by atoms with van der Waals surface area (Å²) in [4.78, 5) is 16.2. The molecule has 0 saturated heterocycles. The van der Waals surface area contributed by atoms with E-state index < -0.39 is 0 Å². The Hall–Kier alpha value is -2.66. The minimum atomic E-state index is -0.225. The van der Waals surface area contributed by atoms with Crippen LogP contribution in [0.15, 0.2) is 61.1 Å². The van der Waals surface area contributed by atoms with Crippen LogP contribution in [0.3, 0.4) is 0 Å². The average Bonchev–Trinajstić information content (AvgIpc) is 3.03. The number of para-hydroxylation sites is 1. The maximum atomic E-state index is 12.3. The highest BCUT2D eigenvalue weighted by molar-refractivity contribution is 6.29. The summed E-state index contributed by atoms with van der Waals surface area (Å²) in [6, 6.07) is 12.7. The van der Waals surface area contributed by atoms with Crippen LogP contribution < -0.4 is 5.32 Å². The molecule has 22 heavy (non-hydrogen) atoms. The van der Waals surface area contributed by atoms with E-state index in [1.165, 1.54) is 6.20 Å². The monoisotopic (exact) mass is 312 g/mol. The zero-order valence-electron chi connectivity index (χ0n) is 11.6. The summed E-state index contributed by atoms with van der Waals surface area (Å²) in [5.74, 6) is -0.225. The minimum absolute atomic E-state index is 0.225. The summed E-state index contributed by atoms with van der Waals surface area (Å²) in [5.41, 5.74) is 2.18. The van der Waals surface area contributed by atoms with Gasteiger partial charge < -0.3 is 5.32 Å². The number of nitrogens with one attached hydrogen (secondary N) is 1. The van der Waals surface area contributed by atoms with Crippen LogP contribution in [0.5, 0.6) is 0 Å². The Morgan fingerprint density at radius 1 is 1.18 bits per heavy atom. The first-order chi connectivity index (χ1) is 10.7. The van der Waals surface area contributed by atoms with Crippen molar-refractivity contribution < 1.29 is 4.79 Å². The van der Waals surface area contributed by atoms with E-state index in [9.17, 15) is 4.79 Å². The van der Waals surface area contributed by atoms with Crippen LogP contribution in [0.4, 0.5) is 5.69 Å². The van der Waals surface area contributed by atoms with E-state index in [2.05, 4.69) is 15.4 Å². The molecule has 0 radical (unpaired) electrons. The van der Waals surface area contributed by atoms with Gasteiger partial charge >= 0.3 is 0 Å². The number of hydrogen-bond acceptors (Lipinski definition) is 3. The lowest BCUT2D eigenvalue weighted by molar-refractivity contribution is 0.102. The third-order valence-corrected chi connectivity index (χ3v) is 3.37. The highest BCUT2D eigenvalue weighted by Gasteiger charge is 2.09. The molecule has 0 fully saturated rings. The summed E-state index contributed by atoms with van der Waals surface area (Å²) < 4.78 is 1.80. The fourth-order valence-corrected chi connectivity index (χ4v) is 2.17. The van der Waals surface area contributed by atoms with Gasteiger partial charge in [-0.2, -0.15) is 5.10 Å². The van der Waals surface area contributed by atoms with Gasteiger partial charge in [0.15, 0.2) is 0 Å². The molecular weight excluding hydrogens is 300 g/mol. The van der Waals surface area contributed by atoms with Crippen molar-refractivity contribution in [2.24, 2.45) is 0 Å². The molecule has 0 spiro atoms. The van der Waals surface area contributed by atoms with Crippen LogP contribution in [0.1, 0.15) is 15.9 Å². The van der Waals surface area contributed by atoms with Gasteiger partial charge in [0, 0.05) is 24.3 Å². The molecule has 0 bridgehead atoms. The highest BCUT2D eigenvalue weighted by atomic mass is 35.5. The standard InChI is InChI=1S/C16H13ClN4O/c17-15-7-6-12(10-18-15)16(22)20-14-5-2-1-4-13(14)11-21-9-3-8-19-21/h1-10H,11H2,(H,20,22). The maximum absolute atomic E-state index is 12.3. The molecule has 2 aromatic heterocycles. The molecular formula is C16H13ClN4O. The number of halogens is 1. The Balaban J connectivity index is 1.80. The number of carbonyl (C=O) groups excluding carboxylic acids is 1. The predicted octanol–water partition coefficient (Wildman–Crippen LogP) is 3.23. The quantitative estimate of drug-likeness (QED) is 0.752. The lowest BCUT2D eigenvalue weighted by Crippen LogP contribution is -2.14. The van der Waals surface area contributed by atoms with Gasteiger partial charge in [0.2, 0.25) is 0 Å². The second-order valence-electron chi connectivity index (χ2n) is 4.68. The first-order valence-electron chi connectivity index (χ1n) is 6.70. The van der Waals surface area contributed by atoms with E-state index in [-0.39, 0.29) is 5.91 Å². The number of pyridine rings is 1. The lowest BCUT2D eigenvalue weighted by Gasteiger charge is -2.11. The molecule has 0 aliphatic rings. The zero-order chi connectivity index (χ0) is 15.4. The maximum Gasteiger partial charge on any atom is 0.257 e. The third kappa shape index (κ3) is 3.32. The van der Waals surface area contributed by atoms with E-state index in [1.54, 1.807) is 23.0 Å². The van der Waals surface area contributed by atoms with Gasteiger partial charge in [-0.15, -0.1) is 0 Å². The molecule has 0 aliphatic heterocycles. The molecule has 2 heterocycles. The Morgan fingerprint density at radius 3 is 2.77 bits per heavy atom. The van der Waals surface area contributed by atoms with Crippen LogP contribution in [0, 0.1) is 0 Å². The normalized spacial score (nSPS) is 10.4. The largest absolute Gasteiger partial charge is 0.322 e. The number of aromatic nitrogens is 3. The Labute approximate surface area is 132 Å². The molecule has 0 saturated carbocycles. The first-order valence-corrected chi connectivity index (χ1v) is 7.08. The van der Waals surface area contributed by atoms with Crippen molar-refractivity contribution in [1.29, 1.82) is 0 Å². The van der Waals surface area contributed by atoms with Crippen molar-refractivity contribution in [3.05, 3.63) is 77.3 Å². The summed E-state index contributed by atoms with van der Waals surface area (Å²) in [7, 11) is 0. The Bertz CT molecular complexity index is 769. The number of benzene rings is 1. The van der Waals surface area contributed by atoms with Gasteiger partial charge in [-0.1, -0.05) is 29.8 Å². The Morgan fingerprint density at radius 2 is 2.05 bits per heavy atom. The van der Waals surface area contributed by atoms with Gasteiger partial charge in [0.05, 0.1) is 12.1 Å². The van der Waals surface area contributed by atoms with Crippen LogP contribution in [0.2, 0.25) is 5.15 Å². The lowest BCUT2D eigenvalue weighted by atomic mass is 10.1. The molecule has 6 heteroatoms. The zero-order valence-corrected chi connectivity index (χ0v) is 12.4. The molecule has 0 aliphatic carbocycles. The van der Waals surface area contributed by atoms with Gasteiger partial charge in [0.1, 0.15) is 5.15 Å². The highest BCUT2D eigenvalue weighted by Crippen LogP contribution is 2.17. The number of hydrogen-bond donors (Lipinski definition) is 1. The van der Waals surface area contributed by atoms with E-state index in [1.807, 2.05) is 36.5 Å². The van der Waals surface area contributed by atoms with Crippen LogP contribution >= 0.6 is 11.6 Å². The average molecular weight is 313 g/mol. The smallest absolute Gasteiger partial charge is 0.257 e. The van der Waals surface area contributed by atoms with Crippen molar-refractivity contribution in [1.82, 2.24) is 14.8 Å². The molecule has 0 unspecified atom stereocenters. The topological polar surface area (TPSA) is 59.8 Å². The molecule has 3 aromatic rings. The van der Waals surface area contributed by atoms with Crippen LogP contribution in [-0.4, -0.2) is 20.7 Å². The second kappa shape index (κ2) is 6.41. The van der Waals surface area contributed by atoms with E-state index in [0.29, 0.717) is 17.3 Å². The number of carbonyl (C=O) groups is 1. The van der Waals surface area contributed by atoms with E-state index in [4.69, 9.17) is 11.6 Å². The minimum Gasteiger partial charge on any atom is -0.322 e. The number of amides is 1. The summed E-state index contributed by atoms with van der Waals surface area (Å²) in [6.07, 6.45) is 5.05. The van der Waals surface area contributed by atoms with Crippen molar-refractivity contribution >= 4 is 23.2 Å². The number of nitrogens with zero attached hydrogens (tertiary/aromatic N) is 3. The molecule has 1 aromatic carbocycles. The SMILES string of the molecule is O=C(Nc1ccccc1Cn1cccn1)c1ccc(Cl)nc1. The second-order valence-corrected chi connectivity index (χ2v) is 5.07. The van der Waals surface area contributed by atoms with Crippen molar-refractivity contribution in [2.75, 3.05) is 5.32 Å². The van der Waals surface area contributed by atoms with Crippen molar-refractivity contribution in [3.8, 4) is 0 Å². The van der Waals surface area contributed by atoms with Gasteiger partial charge in [-0.25, -0.2) is 4.98 Å². The van der Waals surface area contributed by atoms with Gasteiger partial charge in [0.25, 0.3) is 5.91 Å². The fraction of sp³-hybridized carbons (Fsp3) is 0.0625. The summed E-state index contributed by atoms with van der Waals surface area (Å²) >= 11 is 5.73. The molecule has 110 valence electrons. The Kier molecular flexibility index (Phi) is 4.16. The van der Waals surface area contributed by atoms with Crippen molar-refractivity contribution in [3.63, 3.8) is 0 Å². The summed E-state index contributed by atoms with van der Waals surface area (Å²) in [6.45, 7) is 0.586. The molecule has 0 atom stereocenters. The third-order valence-electron chi connectivity index (χ3n) is 3.15. The van der Waals surface area contributed by atoms with Crippen LogP contribution in [-0.2, 0) is 6.54 Å². The molecule has 1 N–H and O–H groups in total. The molecule has 1 amide bonds. The summed E-state index contributed by atoms with van der Waals surface area (Å²) in [5, 5.41) is 7.43. The fourth-order valence-electron chi connectivity index (χ4n) is 2.05. The first kappa shape index (κ1) is 14.3. The van der Waals surface area contributed by atoms with E-state index in [0.717, 1.165) is 11.3 Å². The molecule has 3 rings (SSSR count). The predicted molar refractivity (Wildman–Crippen MR) is 85.0 cm³/mol. The van der Waals surface area contributed by atoms with Crippen LogP contribution in [0.25, 0.3) is 0 Å². The number of anilines is 1. The van der Waals surface area contributed by atoms with Gasteiger partial charge in [-0.3, -0.25) is 9.48 Å². The van der Waals surface area contributed by atoms with E-state index >= 15 is 0 Å². The molecule has 5 nitrogen and oxygen atoms in total. The number of rotatable bonds is 4. The van der Waals surface area contributed by atoms with Gasteiger partial charge in [-0.05, 0) is 29.8 Å². The van der Waals surface area contributed by atoms with Crippen molar-refractivity contribution in [2.45, 2.75) is 6.54 Å².